The van der Waals surface area contributed by atoms with Gasteiger partial charge in [0.1, 0.15) is 0 Å². The average molecular weight is 298 g/mol. The Kier molecular flexibility index (Phi) is 5.19. The van der Waals surface area contributed by atoms with Gasteiger partial charge < -0.3 is 5.32 Å². The Morgan fingerprint density at radius 2 is 2.00 bits per heavy atom. The quantitative estimate of drug-likeness (QED) is 0.900. The molecule has 3 heteroatoms. The van der Waals surface area contributed by atoms with Crippen LogP contribution in [0.4, 0.5) is 0 Å². The van der Waals surface area contributed by atoms with Crippen molar-refractivity contribution in [3.63, 3.8) is 0 Å². The molecule has 0 saturated carbocycles. The minimum atomic E-state index is 0.0105. The van der Waals surface area contributed by atoms with Gasteiger partial charge in [-0.3, -0.25) is 4.79 Å². The second-order valence-electron chi connectivity index (χ2n) is 4.84. The molecule has 1 atom stereocenters. The Morgan fingerprint density at radius 3 is 2.59 bits per heavy atom. The first-order valence-electron chi connectivity index (χ1n) is 5.96. The van der Waals surface area contributed by atoms with E-state index in [-0.39, 0.29) is 5.91 Å². The first kappa shape index (κ1) is 14.2. The van der Waals surface area contributed by atoms with E-state index in [1.807, 2.05) is 25.1 Å². The predicted molar refractivity (Wildman–Crippen MR) is 75.2 cm³/mol. The highest BCUT2D eigenvalue weighted by Crippen LogP contribution is 2.19. The van der Waals surface area contributed by atoms with Crippen LogP contribution >= 0.6 is 15.9 Å². The largest absolute Gasteiger partial charge is 0.352 e. The summed E-state index contributed by atoms with van der Waals surface area (Å²) >= 11 is 3.44. The van der Waals surface area contributed by atoms with Crippen LogP contribution in [0.5, 0.6) is 0 Å². The van der Waals surface area contributed by atoms with E-state index in [1.165, 1.54) is 0 Å². The van der Waals surface area contributed by atoms with Crippen molar-refractivity contribution in [1.82, 2.24) is 5.32 Å². The number of hydrogen-bond donors (Lipinski definition) is 1. The van der Waals surface area contributed by atoms with Gasteiger partial charge in [-0.25, -0.2) is 0 Å². The number of carbonyl (C=O) groups excluding carboxylic acids is 1. The summed E-state index contributed by atoms with van der Waals surface area (Å²) in [5, 5.41) is 2.99. The van der Waals surface area contributed by atoms with Crippen molar-refractivity contribution in [2.24, 2.45) is 11.8 Å². The van der Waals surface area contributed by atoms with E-state index in [0.29, 0.717) is 11.8 Å². The van der Waals surface area contributed by atoms with Gasteiger partial charge in [0.2, 0.25) is 0 Å². The lowest BCUT2D eigenvalue weighted by atomic mass is 9.98. The zero-order chi connectivity index (χ0) is 13.0. The van der Waals surface area contributed by atoms with E-state index in [9.17, 15) is 4.79 Å². The molecular weight excluding hydrogens is 278 g/mol. The summed E-state index contributed by atoms with van der Waals surface area (Å²) in [5.41, 5.74) is 1.73. The van der Waals surface area contributed by atoms with Crippen molar-refractivity contribution in [2.75, 3.05) is 6.54 Å². The molecule has 0 aliphatic rings. The molecular formula is C14H20BrNO. The molecule has 1 rings (SSSR count). The monoisotopic (exact) mass is 297 g/mol. The second-order valence-corrected chi connectivity index (χ2v) is 5.70. The molecule has 94 valence electrons. The molecule has 0 fully saturated rings. The van der Waals surface area contributed by atoms with Crippen molar-refractivity contribution in [3.05, 3.63) is 33.8 Å². The molecule has 1 amide bonds. The highest BCUT2D eigenvalue weighted by Gasteiger charge is 2.13. The summed E-state index contributed by atoms with van der Waals surface area (Å²) in [7, 11) is 0. The van der Waals surface area contributed by atoms with E-state index in [2.05, 4.69) is 42.0 Å². The van der Waals surface area contributed by atoms with Gasteiger partial charge in [-0.2, -0.15) is 0 Å². The van der Waals surface area contributed by atoms with Crippen LogP contribution in [0.2, 0.25) is 0 Å². The molecule has 1 aromatic rings. The third-order valence-corrected chi connectivity index (χ3v) is 4.09. The van der Waals surface area contributed by atoms with Crippen molar-refractivity contribution in [2.45, 2.75) is 27.7 Å². The van der Waals surface area contributed by atoms with Crippen LogP contribution in [0.3, 0.4) is 0 Å². The SMILES string of the molecule is Cc1c(Br)cccc1C(=O)NCC(C)C(C)C. The van der Waals surface area contributed by atoms with Crippen LogP contribution in [-0.2, 0) is 0 Å². The first-order valence-corrected chi connectivity index (χ1v) is 6.76. The van der Waals surface area contributed by atoms with Crippen molar-refractivity contribution < 1.29 is 4.79 Å². The molecule has 0 heterocycles. The standard InChI is InChI=1S/C14H20BrNO/c1-9(2)10(3)8-16-14(17)12-6-5-7-13(15)11(12)4/h5-7,9-10H,8H2,1-4H3,(H,16,17). The lowest BCUT2D eigenvalue weighted by Gasteiger charge is -2.16. The van der Waals surface area contributed by atoms with E-state index in [4.69, 9.17) is 0 Å². The van der Waals surface area contributed by atoms with Gasteiger partial charge in [0.05, 0.1) is 0 Å². The lowest BCUT2D eigenvalue weighted by molar-refractivity contribution is 0.0944. The van der Waals surface area contributed by atoms with Crippen LogP contribution in [0.25, 0.3) is 0 Å². The Balaban J connectivity index is 2.68. The lowest BCUT2D eigenvalue weighted by Crippen LogP contribution is -2.30. The predicted octanol–water partition coefficient (Wildman–Crippen LogP) is 3.78. The number of benzene rings is 1. The van der Waals surface area contributed by atoms with Gasteiger partial charge in [-0.05, 0) is 36.5 Å². The summed E-state index contributed by atoms with van der Waals surface area (Å²) in [5.74, 6) is 1.08. The van der Waals surface area contributed by atoms with E-state index < -0.39 is 0 Å². The molecule has 0 aromatic heterocycles. The zero-order valence-corrected chi connectivity index (χ0v) is 12.5. The molecule has 0 bridgehead atoms. The van der Waals surface area contributed by atoms with E-state index in [1.54, 1.807) is 0 Å². The minimum absolute atomic E-state index is 0.0105. The molecule has 0 aliphatic heterocycles. The minimum Gasteiger partial charge on any atom is -0.352 e. The molecule has 0 aliphatic carbocycles. The van der Waals surface area contributed by atoms with Crippen LogP contribution < -0.4 is 5.32 Å². The maximum absolute atomic E-state index is 12.0. The first-order chi connectivity index (χ1) is 7.93. The smallest absolute Gasteiger partial charge is 0.251 e. The highest BCUT2D eigenvalue weighted by atomic mass is 79.9. The third kappa shape index (κ3) is 3.84. The van der Waals surface area contributed by atoms with Crippen molar-refractivity contribution in [1.29, 1.82) is 0 Å². The maximum Gasteiger partial charge on any atom is 0.251 e. The Labute approximate surface area is 112 Å². The zero-order valence-electron chi connectivity index (χ0n) is 10.9. The van der Waals surface area contributed by atoms with E-state index in [0.717, 1.165) is 22.1 Å². The van der Waals surface area contributed by atoms with Gasteiger partial charge in [-0.1, -0.05) is 42.8 Å². The van der Waals surface area contributed by atoms with Crippen LogP contribution in [0.1, 0.15) is 36.7 Å². The van der Waals surface area contributed by atoms with Gasteiger partial charge in [0, 0.05) is 16.6 Å². The number of amides is 1. The molecule has 1 N–H and O–H groups in total. The van der Waals surface area contributed by atoms with Gasteiger partial charge >= 0.3 is 0 Å². The molecule has 0 radical (unpaired) electrons. The summed E-state index contributed by atoms with van der Waals surface area (Å²) in [6.45, 7) is 9.16. The van der Waals surface area contributed by atoms with Crippen LogP contribution in [0, 0.1) is 18.8 Å². The normalized spacial score (nSPS) is 12.6. The number of halogens is 1. The van der Waals surface area contributed by atoms with E-state index >= 15 is 0 Å². The average Bonchev–Trinajstić information content (AvgIpc) is 2.29. The van der Waals surface area contributed by atoms with Gasteiger partial charge in [0.25, 0.3) is 5.91 Å². The molecule has 0 spiro atoms. The van der Waals surface area contributed by atoms with Crippen LogP contribution in [-0.4, -0.2) is 12.5 Å². The number of carbonyl (C=O) groups is 1. The van der Waals surface area contributed by atoms with Gasteiger partial charge in [-0.15, -0.1) is 0 Å². The summed E-state index contributed by atoms with van der Waals surface area (Å²) in [6.07, 6.45) is 0. The fourth-order valence-electron chi connectivity index (χ4n) is 1.44. The van der Waals surface area contributed by atoms with Crippen LogP contribution in [0.15, 0.2) is 22.7 Å². The number of rotatable bonds is 4. The maximum atomic E-state index is 12.0. The summed E-state index contributed by atoms with van der Waals surface area (Å²) in [6, 6.07) is 5.69. The number of nitrogens with one attached hydrogen (secondary N) is 1. The molecule has 1 unspecified atom stereocenters. The molecule has 2 nitrogen and oxygen atoms in total. The number of hydrogen-bond acceptors (Lipinski definition) is 1. The summed E-state index contributed by atoms with van der Waals surface area (Å²) in [4.78, 5) is 12.0. The Morgan fingerprint density at radius 1 is 1.35 bits per heavy atom. The van der Waals surface area contributed by atoms with Crippen molar-refractivity contribution in [3.8, 4) is 0 Å². The fourth-order valence-corrected chi connectivity index (χ4v) is 1.80. The van der Waals surface area contributed by atoms with Crippen molar-refractivity contribution >= 4 is 21.8 Å². The molecule has 17 heavy (non-hydrogen) atoms. The Hall–Kier alpha value is -0.830. The molecule has 0 saturated heterocycles. The second kappa shape index (κ2) is 6.20. The Bertz CT molecular complexity index is 401. The third-order valence-electron chi connectivity index (χ3n) is 3.23. The molecule has 1 aromatic carbocycles. The highest BCUT2D eigenvalue weighted by molar-refractivity contribution is 9.10. The van der Waals surface area contributed by atoms with Gasteiger partial charge in [0.15, 0.2) is 0 Å². The summed E-state index contributed by atoms with van der Waals surface area (Å²) < 4.78 is 0.974. The fraction of sp³-hybridized carbons (Fsp3) is 0.500. The topological polar surface area (TPSA) is 29.1 Å².